The van der Waals surface area contributed by atoms with E-state index in [1.807, 2.05) is 31.2 Å². The van der Waals surface area contributed by atoms with Crippen LogP contribution in [0.5, 0.6) is 5.75 Å². The van der Waals surface area contributed by atoms with Crippen molar-refractivity contribution in [3.8, 4) is 5.75 Å². The number of rotatable bonds is 6. The summed E-state index contributed by atoms with van der Waals surface area (Å²) in [6, 6.07) is 7.74. The highest BCUT2D eigenvalue weighted by Crippen LogP contribution is 2.11. The van der Waals surface area contributed by atoms with Crippen molar-refractivity contribution >= 4 is 5.91 Å². The minimum Gasteiger partial charge on any atom is -0.493 e. The van der Waals surface area contributed by atoms with E-state index in [4.69, 9.17) is 10.5 Å². The third-order valence-electron chi connectivity index (χ3n) is 2.09. The zero-order chi connectivity index (χ0) is 11.8. The molecule has 4 nitrogen and oxygen atoms in total. The first kappa shape index (κ1) is 12.5. The average molecular weight is 222 g/mol. The van der Waals surface area contributed by atoms with E-state index in [2.05, 4.69) is 5.32 Å². The lowest BCUT2D eigenvalue weighted by Crippen LogP contribution is -2.29. The Morgan fingerprint density at radius 3 is 2.69 bits per heavy atom. The first-order valence-corrected chi connectivity index (χ1v) is 5.38. The molecule has 0 aromatic heterocycles. The summed E-state index contributed by atoms with van der Waals surface area (Å²) >= 11 is 0. The lowest BCUT2D eigenvalue weighted by Gasteiger charge is -2.06. The van der Waals surface area contributed by atoms with Crippen molar-refractivity contribution < 1.29 is 9.53 Å². The molecule has 0 fully saturated rings. The number of ether oxygens (including phenoxy) is 1. The van der Waals surface area contributed by atoms with Gasteiger partial charge in [-0.2, -0.15) is 0 Å². The van der Waals surface area contributed by atoms with Crippen molar-refractivity contribution in [3.63, 3.8) is 0 Å². The molecule has 0 saturated carbocycles. The fraction of sp³-hybridized carbons (Fsp3) is 0.417. The summed E-state index contributed by atoms with van der Waals surface area (Å²) in [5, 5.41) is 2.68. The molecule has 0 heterocycles. The molecule has 0 aliphatic heterocycles. The van der Waals surface area contributed by atoms with Crippen molar-refractivity contribution in [2.75, 3.05) is 19.7 Å². The summed E-state index contributed by atoms with van der Waals surface area (Å²) in [5.74, 6) is 0.759. The largest absolute Gasteiger partial charge is 0.493 e. The van der Waals surface area contributed by atoms with Crippen molar-refractivity contribution in [1.29, 1.82) is 0 Å². The Morgan fingerprint density at radius 2 is 2.06 bits per heavy atom. The number of nitrogens with one attached hydrogen (secondary N) is 1. The third kappa shape index (κ3) is 4.79. The molecule has 88 valence electrons. The number of carbonyl (C=O) groups is 1. The van der Waals surface area contributed by atoms with Gasteiger partial charge in [0.25, 0.3) is 0 Å². The van der Waals surface area contributed by atoms with Gasteiger partial charge in [-0.05, 0) is 19.1 Å². The van der Waals surface area contributed by atoms with Crippen LogP contribution in [-0.4, -0.2) is 25.6 Å². The van der Waals surface area contributed by atoms with E-state index < -0.39 is 0 Å². The Bertz CT molecular complexity index is 322. The lowest BCUT2D eigenvalue weighted by molar-refractivity contribution is -0.121. The Labute approximate surface area is 95.8 Å². The van der Waals surface area contributed by atoms with Crippen LogP contribution in [0.2, 0.25) is 0 Å². The molecule has 4 heteroatoms. The third-order valence-corrected chi connectivity index (χ3v) is 2.09. The van der Waals surface area contributed by atoms with Crippen LogP contribution >= 0.6 is 0 Å². The predicted octanol–water partition coefficient (Wildman–Crippen LogP) is 0.839. The van der Waals surface area contributed by atoms with E-state index in [9.17, 15) is 4.79 Å². The number of nitrogens with two attached hydrogens (primary N) is 1. The highest BCUT2D eigenvalue weighted by atomic mass is 16.5. The molecule has 3 N–H and O–H groups in total. The van der Waals surface area contributed by atoms with Crippen molar-refractivity contribution in [2.45, 2.75) is 13.3 Å². The van der Waals surface area contributed by atoms with Crippen LogP contribution in [0.3, 0.4) is 0 Å². The molecule has 0 aliphatic rings. The van der Waals surface area contributed by atoms with E-state index in [1.54, 1.807) is 0 Å². The molecule has 0 spiro atoms. The van der Waals surface area contributed by atoms with Crippen LogP contribution in [0, 0.1) is 6.92 Å². The molecule has 1 amide bonds. The number of carbonyl (C=O) groups excluding carboxylic acids is 1. The maximum absolute atomic E-state index is 11.2. The summed E-state index contributed by atoms with van der Waals surface area (Å²) in [5.41, 5.74) is 6.45. The normalized spacial score (nSPS) is 9.88. The van der Waals surface area contributed by atoms with E-state index in [1.165, 1.54) is 5.56 Å². The maximum Gasteiger partial charge on any atom is 0.223 e. The molecule has 0 bridgehead atoms. The van der Waals surface area contributed by atoms with E-state index >= 15 is 0 Å². The number of aryl methyl sites for hydroxylation is 1. The van der Waals surface area contributed by atoms with Crippen molar-refractivity contribution in [3.05, 3.63) is 29.8 Å². The first-order chi connectivity index (χ1) is 7.72. The van der Waals surface area contributed by atoms with Crippen LogP contribution in [0.4, 0.5) is 0 Å². The lowest BCUT2D eigenvalue weighted by atomic mass is 10.2. The van der Waals surface area contributed by atoms with Gasteiger partial charge in [0.05, 0.1) is 13.0 Å². The van der Waals surface area contributed by atoms with Crippen LogP contribution in [0.25, 0.3) is 0 Å². The summed E-state index contributed by atoms with van der Waals surface area (Å²) in [6.45, 7) is 3.39. The van der Waals surface area contributed by atoms with Gasteiger partial charge in [-0.15, -0.1) is 0 Å². The van der Waals surface area contributed by atoms with Crippen LogP contribution in [-0.2, 0) is 4.79 Å². The summed E-state index contributed by atoms with van der Waals surface area (Å²) in [7, 11) is 0. The maximum atomic E-state index is 11.2. The van der Waals surface area contributed by atoms with Crippen molar-refractivity contribution in [2.24, 2.45) is 5.73 Å². The van der Waals surface area contributed by atoms with Gasteiger partial charge in [0.1, 0.15) is 5.75 Å². The molecular formula is C12H18N2O2. The van der Waals surface area contributed by atoms with Gasteiger partial charge in [0, 0.05) is 13.1 Å². The van der Waals surface area contributed by atoms with Gasteiger partial charge in [0.15, 0.2) is 0 Å². The Balaban J connectivity index is 2.20. The number of amides is 1. The SMILES string of the molecule is Cc1ccc(OCCC(=O)NCCN)cc1. The average Bonchev–Trinajstić information content (AvgIpc) is 2.29. The zero-order valence-corrected chi connectivity index (χ0v) is 9.53. The second-order valence-corrected chi connectivity index (χ2v) is 3.55. The number of hydrogen-bond acceptors (Lipinski definition) is 3. The Morgan fingerprint density at radius 1 is 1.38 bits per heavy atom. The summed E-state index contributed by atoms with van der Waals surface area (Å²) < 4.78 is 5.42. The number of hydrogen-bond donors (Lipinski definition) is 2. The summed E-state index contributed by atoms with van der Waals surface area (Å²) in [4.78, 5) is 11.2. The molecular weight excluding hydrogens is 204 g/mol. The van der Waals surface area contributed by atoms with Gasteiger partial charge in [0.2, 0.25) is 5.91 Å². The highest BCUT2D eigenvalue weighted by Gasteiger charge is 2.00. The van der Waals surface area contributed by atoms with Crippen LogP contribution in [0.15, 0.2) is 24.3 Å². The second kappa shape index (κ2) is 6.85. The Hall–Kier alpha value is -1.55. The molecule has 0 atom stereocenters. The van der Waals surface area contributed by atoms with Crippen molar-refractivity contribution in [1.82, 2.24) is 5.32 Å². The van der Waals surface area contributed by atoms with Gasteiger partial charge in [-0.3, -0.25) is 4.79 Å². The first-order valence-electron chi connectivity index (χ1n) is 5.38. The molecule has 0 saturated heterocycles. The van der Waals surface area contributed by atoms with Gasteiger partial charge in [-0.25, -0.2) is 0 Å². The molecule has 1 aromatic rings. The topological polar surface area (TPSA) is 64.3 Å². The highest BCUT2D eigenvalue weighted by molar-refractivity contribution is 5.75. The monoisotopic (exact) mass is 222 g/mol. The number of benzene rings is 1. The quantitative estimate of drug-likeness (QED) is 0.749. The molecule has 1 aromatic carbocycles. The second-order valence-electron chi connectivity index (χ2n) is 3.55. The van der Waals surface area contributed by atoms with Gasteiger partial charge in [-0.1, -0.05) is 17.7 Å². The minimum atomic E-state index is -0.0300. The molecule has 0 aliphatic carbocycles. The Kier molecular flexibility index (Phi) is 5.36. The standard InChI is InChI=1S/C12H18N2O2/c1-10-2-4-11(5-3-10)16-9-6-12(15)14-8-7-13/h2-5H,6-9,13H2,1H3,(H,14,15). The van der Waals surface area contributed by atoms with Crippen LogP contribution < -0.4 is 15.8 Å². The fourth-order valence-electron chi connectivity index (χ4n) is 1.20. The minimum absolute atomic E-state index is 0.0300. The summed E-state index contributed by atoms with van der Waals surface area (Å²) in [6.07, 6.45) is 0.355. The molecule has 16 heavy (non-hydrogen) atoms. The molecule has 1 rings (SSSR count). The van der Waals surface area contributed by atoms with Gasteiger partial charge < -0.3 is 15.8 Å². The smallest absolute Gasteiger partial charge is 0.223 e. The fourth-order valence-corrected chi connectivity index (χ4v) is 1.20. The van der Waals surface area contributed by atoms with E-state index in [-0.39, 0.29) is 5.91 Å². The molecule has 0 radical (unpaired) electrons. The predicted molar refractivity (Wildman–Crippen MR) is 63.4 cm³/mol. The van der Waals surface area contributed by atoms with Gasteiger partial charge >= 0.3 is 0 Å². The van der Waals surface area contributed by atoms with E-state index in [0.717, 1.165) is 5.75 Å². The zero-order valence-electron chi connectivity index (χ0n) is 9.53. The molecule has 0 unspecified atom stereocenters. The van der Waals surface area contributed by atoms with Crippen LogP contribution in [0.1, 0.15) is 12.0 Å². The van der Waals surface area contributed by atoms with E-state index in [0.29, 0.717) is 26.1 Å².